The average molecular weight is 197 g/mol. The minimum atomic E-state index is -0.268. The van der Waals surface area contributed by atoms with E-state index in [1.165, 1.54) is 0 Å². The molecule has 0 aliphatic carbocycles. The van der Waals surface area contributed by atoms with Crippen molar-refractivity contribution in [3.63, 3.8) is 0 Å². The molecule has 1 saturated heterocycles. The van der Waals surface area contributed by atoms with Crippen molar-refractivity contribution >= 4 is 5.91 Å². The molecule has 2 rings (SSSR count). The number of hydrogen-bond acceptors (Lipinski definition) is 5. The number of aliphatic hydroxyl groups excluding tert-OH is 1. The molecule has 7 heteroatoms. The van der Waals surface area contributed by atoms with Gasteiger partial charge in [0.25, 0.3) is 11.7 Å². The Morgan fingerprint density at radius 1 is 1.71 bits per heavy atom. The van der Waals surface area contributed by atoms with Crippen LogP contribution in [0.4, 0.5) is 0 Å². The second-order valence-electron chi connectivity index (χ2n) is 3.21. The van der Waals surface area contributed by atoms with Gasteiger partial charge in [-0.25, -0.2) is 0 Å². The van der Waals surface area contributed by atoms with Crippen LogP contribution in [0.2, 0.25) is 0 Å². The third-order valence-electron chi connectivity index (χ3n) is 2.39. The van der Waals surface area contributed by atoms with Crippen molar-refractivity contribution in [3.8, 4) is 0 Å². The van der Waals surface area contributed by atoms with Crippen molar-refractivity contribution in [1.82, 2.24) is 25.5 Å². The van der Waals surface area contributed by atoms with Crippen molar-refractivity contribution in [2.75, 3.05) is 13.2 Å². The molecule has 1 aromatic heterocycles. The molecule has 14 heavy (non-hydrogen) atoms. The smallest absolute Gasteiger partial charge is 0.295 e. The van der Waals surface area contributed by atoms with Gasteiger partial charge in [-0.05, 0) is 18.1 Å². The SMILES string of the molecule is O=C(c1nn[nH]n1)N1CCCC1CO. The topological polar surface area (TPSA) is 95.0 Å². The largest absolute Gasteiger partial charge is 0.394 e. The fraction of sp³-hybridized carbons (Fsp3) is 0.714. The van der Waals surface area contributed by atoms with E-state index in [1.807, 2.05) is 0 Å². The molecular weight excluding hydrogens is 186 g/mol. The van der Waals surface area contributed by atoms with Crippen molar-refractivity contribution in [1.29, 1.82) is 0 Å². The van der Waals surface area contributed by atoms with Crippen molar-refractivity contribution in [2.24, 2.45) is 0 Å². The molecule has 2 N–H and O–H groups in total. The van der Waals surface area contributed by atoms with Gasteiger partial charge in [0.1, 0.15) is 0 Å². The van der Waals surface area contributed by atoms with Crippen LogP contribution in [0.25, 0.3) is 0 Å². The molecule has 76 valence electrons. The first-order valence-corrected chi connectivity index (χ1v) is 4.48. The summed E-state index contributed by atoms with van der Waals surface area (Å²) < 4.78 is 0. The molecule has 2 heterocycles. The summed E-state index contributed by atoms with van der Waals surface area (Å²) in [7, 11) is 0. The number of nitrogens with one attached hydrogen (secondary N) is 1. The van der Waals surface area contributed by atoms with Crippen molar-refractivity contribution < 1.29 is 9.90 Å². The molecule has 1 atom stereocenters. The molecule has 1 fully saturated rings. The first-order chi connectivity index (χ1) is 6.83. The van der Waals surface area contributed by atoms with Crippen LogP contribution in [0.1, 0.15) is 23.5 Å². The number of aromatic amines is 1. The third kappa shape index (κ3) is 1.46. The lowest BCUT2D eigenvalue weighted by atomic mass is 10.2. The van der Waals surface area contributed by atoms with Crippen LogP contribution in [0.3, 0.4) is 0 Å². The zero-order chi connectivity index (χ0) is 9.97. The van der Waals surface area contributed by atoms with Gasteiger partial charge in [-0.3, -0.25) is 4.79 Å². The van der Waals surface area contributed by atoms with E-state index in [-0.39, 0.29) is 24.4 Å². The monoisotopic (exact) mass is 197 g/mol. The number of likely N-dealkylation sites (tertiary alicyclic amines) is 1. The molecule has 1 unspecified atom stereocenters. The highest BCUT2D eigenvalue weighted by atomic mass is 16.3. The van der Waals surface area contributed by atoms with Gasteiger partial charge < -0.3 is 10.0 Å². The fourth-order valence-corrected chi connectivity index (χ4v) is 1.67. The van der Waals surface area contributed by atoms with Crippen molar-refractivity contribution in [2.45, 2.75) is 18.9 Å². The zero-order valence-electron chi connectivity index (χ0n) is 7.55. The van der Waals surface area contributed by atoms with Gasteiger partial charge in [0.15, 0.2) is 0 Å². The summed E-state index contributed by atoms with van der Waals surface area (Å²) in [6.07, 6.45) is 1.74. The Morgan fingerprint density at radius 3 is 3.21 bits per heavy atom. The maximum atomic E-state index is 11.7. The molecule has 1 aliphatic rings. The molecule has 0 saturated carbocycles. The summed E-state index contributed by atoms with van der Waals surface area (Å²) >= 11 is 0. The maximum Gasteiger partial charge on any atom is 0.295 e. The van der Waals surface area contributed by atoms with Crippen LogP contribution >= 0.6 is 0 Å². The Bertz CT molecular complexity index is 312. The lowest BCUT2D eigenvalue weighted by Gasteiger charge is -2.20. The normalized spacial score (nSPS) is 21.5. The zero-order valence-corrected chi connectivity index (χ0v) is 7.55. The molecule has 0 aromatic carbocycles. The van der Waals surface area contributed by atoms with E-state index in [9.17, 15) is 4.79 Å². The summed E-state index contributed by atoms with van der Waals surface area (Å²) in [4.78, 5) is 13.3. The van der Waals surface area contributed by atoms with E-state index in [0.29, 0.717) is 6.54 Å². The first kappa shape index (κ1) is 9.07. The third-order valence-corrected chi connectivity index (χ3v) is 2.39. The van der Waals surface area contributed by atoms with Crippen LogP contribution in [0.5, 0.6) is 0 Å². The van der Waals surface area contributed by atoms with Crippen LogP contribution < -0.4 is 0 Å². The minimum absolute atomic E-state index is 0.0103. The van der Waals surface area contributed by atoms with E-state index in [2.05, 4.69) is 20.6 Å². The Morgan fingerprint density at radius 2 is 2.57 bits per heavy atom. The predicted octanol–water partition coefficient (Wildman–Crippen LogP) is -1.20. The molecule has 0 radical (unpaired) electrons. The highest BCUT2D eigenvalue weighted by Crippen LogP contribution is 2.17. The maximum absolute atomic E-state index is 11.7. The number of amides is 1. The number of carbonyl (C=O) groups is 1. The molecule has 1 amide bonds. The van der Waals surface area contributed by atoms with Gasteiger partial charge in [0.05, 0.1) is 12.6 Å². The van der Waals surface area contributed by atoms with Crippen LogP contribution in [-0.2, 0) is 0 Å². The number of tetrazole rings is 1. The number of aliphatic hydroxyl groups is 1. The minimum Gasteiger partial charge on any atom is -0.394 e. The lowest BCUT2D eigenvalue weighted by Crippen LogP contribution is -2.38. The van der Waals surface area contributed by atoms with E-state index < -0.39 is 0 Å². The van der Waals surface area contributed by atoms with E-state index in [0.717, 1.165) is 12.8 Å². The molecule has 0 spiro atoms. The second-order valence-corrected chi connectivity index (χ2v) is 3.21. The average Bonchev–Trinajstić information content (AvgIpc) is 2.87. The van der Waals surface area contributed by atoms with Gasteiger partial charge in [0.2, 0.25) is 0 Å². The van der Waals surface area contributed by atoms with Crippen molar-refractivity contribution in [3.05, 3.63) is 5.82 Å². The molecule has 1 aromatic rings. The second kappa shape index (κ2) is 3.70. The first-order valence-electron chi connectivity index (χ1n) is 4.48. The van der Waals surface area contributed by atoms with Crippen LogP contribution in [-0.4, -0.2) is 55.7 Å². The van der Waals surface area contributed by atoms with E-state index in [1.54, 1.807) is 4.90 Å². The fourth-order valence-electron chi connectivity index (χ4n) is 1.67. The Hall–Kier alpha value is -1.50. The van der Waals surface area contributed by atoms with E-state index >= 15 is 0 Å². The Kier molecular flexibility index (Phi) is 2.40. The summed E-state index contributed by atoms with van der Waals surface area (Å²) in [5.41, 5.74) is 0. The Labute approximate surface area is 80.1 Å². The molecule has 7 nitrogen and oxygen atoms in total. The van der Waals surface area contributed by atoms with Gasteiger partial charge >= 0.3 is 0 Å². The predicted molar refractivity (Wildman–Crippen MR) is 45.3 cm³/mol. The summed E-state index contributed by atoms with van der Waals surface area (Å²) in [6, 6.07) is -0.0963. The standard InChI is InChI=1S/C7H11N5O2/c13-4-5-2-1-3-12(5)7(14)6-8-10-11-9-6/h5,13H,1-4H2,(H,8,9,10,11). The summed E-state index contributed by atoms with van der Waals surface area (Å²) in [5, 5.41) is 21.8. The number of rotatable bonds is 2. The number of nitrogens with zero attached hydrogens (tertiary/aromatic N) is 4. The molecule has 0 bridgehead atoms. The van der Waals surface area contributed by atoms with Gasteiger partial charge in [-0.2, -0.15) is 5.21 Å². The highest BCUT2D eigenvalue weighted by Gasteiger charge is 2.30. The molecule has 1 aliphatic heterocycles. The quantitative estimate of drug-likeness (QED) is 0.620. The highest BCUT2D eigenvalue weighted by molar-refractivity contribution is 5.90. The number of H-pyrrole nitrogens is 1. The number of hydrogen-bond donors (Lipinski definition) is 2. The van der Waals surface area contributed by atoms with Gasteiger partial charge in [0, 0.05) is 6.54 Å². The van der Waals surface area contributed by atoms with Crippen LogP contribution in [0.15, 0.2) is 0 Å². The summed E-state index contributed by atoms with van der Waals surface area (Å²) in [5.74, 6) is -0.208. The number of aromatic nitrogens is 4. The van der Waals surface area contributed by atoms with E-state index in [4.69, 9.17) is 5.11 Å². The van der Waals surface area contributed by atoms with Gasteiger partial charge in [-0.1, -0.05) is 0 Å². The number of carbonyl (C=O) groups excluding carboxylic acids is 1. The van der Waals surface area contributed by atoms with Crippen LogP contribution in [0, 0.1) is 0 Å². The Balaban J connectivity index is 2.11. The summed E-state index contributed by atoms with van der Waals surface area (Å²) in [6.45, 7) is 0.641. The van der Waals surface area contributed by atoms with Gasteiger partial charge in [-0.15, -0.1) is 10.2 Å². The lowest BCUT2D eigenvalue weighted by molar-refractivity contribution is 0.0665. The molecular formula is C7H11N5O2.